The minimum Gasteiger partial charge on any atom is -0.485 e. The third kappa shape index (κ3) is 5.15. The van der Waals surface area contributed by atoms with E-state index in [0.717, 1.165) is 6.07 Å². The number of rotatable bonds is 3. The summed E-state index contributed by atoms with van der Waals surface area (Å²) in [6.07, 6.45) is -5.21. The predicted octanol–water partition coefficient (Wildman–Crippen LogP) is 4.28. The van der Waals surface area contributed by atoms with Gasteiger partial charge in [-0.15, -0.1) is 0 Å². The number of halogens is 4. The first kappa shape index (κ1) is 20.9. The van der Waals surface area contributed by atoms with Crippen molar-refractivity contribution in [1.82, 2.24) is 15.0 Å². The van der Waals surface area contributed by atoms with Gasteiger partial charge in [-0.05, 0) is 39.0 Å². The van der Waals surface area contributed by atoms with Gasteiger partial charge in [0.05, 0.1) is 6.54 Å². The lowest BCUT2D eigenvalue weighted by Gasteiger charge is -2.24. The van der Waals surface area contributed by atoms with Gasteiger partial charge < -0.3 is 18.9 Å². The monoisotopic (exact) mass is 417 g/mol. The van der Waals surface area contributed by atoms with E-state index >= 15 is 0 Å². The van der Waals surface area contributed by atoms with Crippen molar-refractivity contribution in [3.63, 3.8) is 0 Å². The largest absolute Gasteiger partial charge is 0.485 e. The third-order valence-corrected chi connectivity index (χ3v) is 3.95. The van der Waals surface area contributed by atoms with Crippen LogP contribution in [0.2, 0.25) is 0 Å². The van der Waals surface area contributed by atoms with Crippen molar-refractivity contribution in [2.24, 2.45) is 0 Å². The van der Waals surface area contributed by atoms with E-state index in [1.807, 2.05) is 0 Å². The Bertz CT molecular complexity index is 892. The van der Waals surface area contributed by atoms with Crippen molar-refractivity contribution < 1.29 is 36.4 Å². The van der Waals surface area contributed by atoms with E-state index in [1.165, 1.54) is 17.0 Å². The maximum absolute atomic E-state index is 14.4. The van der Waals surface area contributed by atoms with E-state index in [4.69, 9.17) is 9.47 Å². The molecule has 0 aliphatic carbocycles. The van der Waals surface area contributed by atoms with Gasteiger partial charge in [-0.1, -0.05) is 5.16 Å². The Labute approximate surface area is 163 Å². The fraction of sp³-hybridized carbons (Fsp3) is 0.500. The van der Waals surface area contributed by atoms with Crippen LogP contribution in [0.5, 0.6) is 5.75 Å². The molecular weight excluding hydrogens is 398 g/mol. The SMILES string of the molecule is CC(C)(C)OC(=O)N1CC[C@@H](Oc2ccc(-c3noc(C(F)(F)F)n3)cc2F)C1. The molecular formula is C18H19F4N3O4. The van der Waals surface area contributed by atoms with Crippen molar-refractivity contribution in [3.8, 4) is 17.1 Å². The van der Waals surface area contributed by atoms with Crippen LogP contribution in [-0.2, 0) is 10.9 Å². The molecule has 1 saturated heterocycles. The van der Waals surface area contributed by atoms with Gasteiger partial charge in [0, 0.05) is 18.5 Å². The Morgan fingerprint density at radius 1 is 1.28 bits per heavy atom. The zero-order valence-electron chi connectivity index (χ0n) is 15.9. The van der Waals surface area contributed by atoms with E-state index in [2.05, 4.69) is 14.7 Å². The fourth-order valence-corrected chi connectivity index (χ4v) is 2.69. The molecule has 1 fully saturated rings. The van der Waals surface area contributed by atoms with E-state index in [9.17, 15) is 22.4 Å². The number of likely N-dealkylation sites (tertiary alicyclic amines) is 1. The molecule has 0 unspecified atom stereocenters. The maximum atomic E-state index is 14.4. The Morgan fingerprint density at radius 3 is 2.59 bits per heavy atom. The lowest BCUT2D eigenvalue weighted by molar-refractivity contribution is -0.159. The quantitative estimate of drug-likeness (QED) is 0.694. The molecule has 1 aromatic heterocycles. The first-order valence-corrected chi connectivity index (χ1v) is 8.78. The maximum Gasteiger partial charge on any atom is 0.471 e. The number of hydrogen-bond donors (Lipinski definition) is 0. The summed E-state index contributed by atoms with van der Waals surface area (Å²) in [5, 5.41) is 3.21. The molecule has 0 N–H and O–H groups in total. The summed E-state index contributed by atoms with van der Waals surface area (Å²) in [4.78, 5) is 16.8. The van der Waals surface area contributed by atoms with Gasteiger partial charge in [-0.3, -0.25) is 0 Å². The minimum atomic E-state index is -4.78. The summed E-state index contributed by atoms with van der Waals surface area (Å²) >= 11 is 0. The number of alkyl halides is 3. The Kier molecular flexibility index (Phi) is 5.42. The number of carbonyl (C=O) groups excluding carboxylic acids is 1. The van der Waals surface area contributed by atoms with E-state index < -0.39 is 35.7 Å². The van der Waals surface area contributed by atoms with Crippen LogP contribution in [0.3, 0.4) is 0 Å². The molecule has 0 saturated carbocycles. The second kappa shape index (κ2) is 7.53. The second-order valence-electron chi connectivity index (χ2n) is 7.52. The molecule has 11 heteroatoms. The number of benzene rings is 1. The van der Waals surface area contributed by atoms with Crippen molar-refractivity contribution in [3.05, 3.63) is 29.9 Å². The van der Waals surface area contributed by atoms with Crippen molar-refractivity contribution in [1.29, 1.82) is 0 Å². The molecule has 158 valence electrons. The van der Waals surface area contributed by atoms with Crippen LogP contribution in [0.25, 0.3) is 11.4 Å². The van der Waals surface area contributed by atoms with Gasteiger partial charge in [0.15, 0.2) is 11.6 Å². The van der Waals surface area contributed by atoms with E-state index in [1.54, 1.807) is 20.8 Å². The molecule has 1 atom stereocenters. The molecule has 2 aromatic rings. The summed E-state index contributed by atoms with van der Waals surface area (Å²) in [7, 11) is 0. The van der Waals surface area contributed by atoms with Gasteiger partial charge >= 0.3 is 18.2 Å². The van der Waals surface area contributed by atoms with Crippen LogP contribution in [0.4, 0.5) is 22.4 Å². The topological polar surface area (TPSA) is 77.7 Å². The van der Waals surface area contributed by atoms with E-state index in [0.29, 0.717) is 13.0 Å². The molecule has 1 aromatic carbocycles. The molecule has 1 aliphatic heterocycles. The van der Waals surface area contributed by atoms with Gasteiger partial charge in [-0.2, -0.15) is 18.2 Å². The van der Waals surface area contributed by atoms with Gasteiger partial charge in [0.25, 0.3) is 0 Å². The van der Waals surface area contributed by atoms with Gasteiger partial charge in [0.2, 0.25) is 5.82 Å². The van der Waals surface area contributed by atoms with Crippen LogP contribution in [0.15, 0.2) is 22.7 Å². The average molecular weight is 417 g/mol. The van der Waals surface area contributed by atoms with Gasteiger partial charge in [-0.25, -0.2) is 9.18 Å². The average Bonchev–Trinajstić information content (AvgIpc) is 3.24. The number of ether oxygens (including phenoxy) is 2. The smallest absolute Gasteiger partial charge is 0.471 e. The number of amides is 1. The summed E-state index contributed by atoms with van der Waals surface area (Å²) in [5.41, 5.74) is -0.616. The molecule has 1 amide bonds. The molecule has 0 bridgehead atoms. The van der Waals surface area contributed by atoms with Crippen LogP contribution in [0.1, 0.15) is 33.1 Å². The normalized spacial score (nSPS) is 17.5. The minimum absolute atomic E-state index is 0.0101. The fourth-order valence-electron chi connectivity index (χ4n) is 2.69. The first-order valence-electron chi connectivity index (χ1n) is 8.78. The molecule has 29 heavy (non-hydrogen) atoms. The van der Waals surface area contributed by atoms with Gasteiger partial charge in [0.1, 0.15) is 11.7 Å². The Hall–Kier alpha value is -2.85. The van der Waals surface area contributed by atoms with Crippen LogP contribution in [-0.4, -0.2) is 45.9 Å². The summed E-state index contributed by atoms with van der Waals surface area (Å²) in [5.74, 6) is -2.79. The lowest BCUT2D eigenvalue weighted by Crippen LogP contribution is -2.36. The van der Waals surface area contributed by atoms with Crippen molar-refractivity contribution >= 4 is 6.09 Å². The third-order valence-electron chi connectivity index (χ3n) is 3.95. The zero-order valence-corrected chi connectivity index (χ0v) is 15.9. The highest BCUT2D eigenvalue weighted by Crippen LogP contribution is 2.31. The van der Waals surface area contributed by atoms with Crippen LogP contribution < -0.4 is 4.74 Å². The molecule has 1 aliphatic rings. The number of hydrogen-bond acceptors (Lipinski definition) is 6. The highest BCUT2D eigenvalue weighted by molar-refractivity contribution is 5.68. The number of aromatic nitrogens is 2. The molecule has 3 rings (SSSR count). The standard InChI is InChI=1S/C18H19F4N3O4/c1-17(2,3)28-16(26)25-7-6-11(9-25)27-13-5-4-10(8-12(13)19)14-23-15(29-24-14)18(20,21)22/h4-5,8,11H,6-7,9H2,1-3H3/t11-/m1/s1. The molecule has 2 heterocycles. The lowest BCUT2D eigenvalue weighted by atomic mass is 10.2. The summed E-state index contributed by atoms with van der Waals surface area (Å²) in [6, 6.07) is 3.55. The van der Waals surface area contributed by atoms with Crippen molar-refractivity contribution in [2.45, 2.75) is 45.1 Å². The number of nitrogens with zero attached hydrogens (tertiary/aromatic N) is 3. The van der Waals surface area contributed by atoms with Crippen LogP contribution >= 0.6 is 0 Å². The molecule has 0 radical (unpaired) electrons. The van der Waals surface area contributed by atoms with Crippen molar-refractivity contribution in [2.75, 3.05) is 13.1 Å². The summed E-state index contributed by atoms with van der Waals surface area (Å²) in [6.45, 7) is 5.91. The molecule has 7 nitrogen and oxygen atoms in total. The zero-order chi connectivity index (χ0) is 21.4. The highest BCUT2D eigenvalue weighted by Gasteiger charge is 2.38. The van der Waals surface area contributed by atoms with Crippen LogP contribution in [0, 0.1) is 5.82 Å². The first-order chi connectivity index (χ1) is 13.4. The highest BCUT2D eigenvalue weighted by atomic mass is 19.4. The van der Waals surface area contributed by atoms with E-state index in [-0.39, 0.29) is 23.7 Å². The summed E-state index contributed by atoms with van der Waals surface area (Å²) < 4.78 is 67.0. The molecule has 0 spiro atoms. The number of carbonyl (C=O) groups is 1. The Morgan fingerprint density at radius 2 is 2.00 bits per heavy atom. The predicted molar refractivity (Wildman–Crippen MR) is 91.5 cm³/mol. The second-order valence-corrected chi connectivity index (χ2v) is 7.52. The Balaban J connectivity index is 1.64.